The summed E-state index contributed by atoms with van der Waals surface area (Å²) in [4.78, 5) is 34.4. The molecule has 42 heavy (non-hydrogen) atoms. The van der Waals surface area contributed by atoms with Gasteiger partial charge >= 0.3 is 6.09 Å². The Morgan fingerprint density at radius 1 is 1.14 bits per heavy atom. The number of amides is 2. The molecule has 3 aromatic rings. The minimum absolute atomic E-state index is 0.274. The molecule has 0 saturated carbocycles. The number of aromatic nitrogens is 2. The number of aryl methyl sites for hydroxylation is 2. The maximum Gasteiger partial charge on any atom is 0.410 e. The molecular formula is C32H41FN4O5. The molecular weight excluding hydrogens is 539 g/mol. The van der Waals surface area contributed by atoms with Gasteiger partial charge in [-0.1, -0.05) is 13.0 Å². The van der Waals surface area contributed by atoms with Crippen LogP contribution >= 0.6 is 0 Å². The van der Waals surface area contributed by atoms with E-state index in [0.717, 1.165) is 33.2 Å². The van der Waals surface area contributed by atoms with Gasteiger partial charge in [0.1, 0.15) is 16.8 Å². The summed E-state index contributed by atoms with van der Waals surface area (Å²) in [6.45, 7) is 12.2. The fourth-order valence-corrected chi connectivity index (χ4v) is 5.97. The molecule has 1 atom stereocenters. The quantitative estimate of drug-likeness (QED) is 0.471. The van der Waals surface area contributed by atoms with Crippen molar-refractivity contribution in [2.45, 2.75) is 78.2 Å². The molecule has 226 valence electrons. The largest absolute Gasteiger partial charge is 0.444 e. The van der Waals surface area contributed by atoms with Gasteiger partial charge in [-0.05, 0) is 81.8 Å². The summed E-state index contributed by atoms with van der Waals surface area (Å²) < 4.78 is 28.0. The highest BCUT2D eigenvalue weighted by Gasteiger charge is 2.37. The molecule has 4 heterocycles. The van der Waals surface area contributed by atoms with Crippen LogP contribution in [-0.2, 0) is 40.7 Å². The van der Waals surface area contributed by atoms with E-state index < -0.39 is 23.3 Å². The Bertz CT molecular complexity index is 1530. The molecule has 10 heteroatoms. The van der Waals surface area contributed by atoms with Crippen molar-refractivity contribution in [2.24, 2.45) is 7.05 Å². The maximum absolute atomic E-state index is 14.9. The van der Waals surface area contributed by atoms with E-state index in [1.54, 1.807) is 23.0 Å². The number of carbonyl (C=O) groups is 2. The molecule has 2 aliphatic heterocycles. The van der Waals surface area contributed by atoms with Crippen LogP contribution in [0.1, 0.15) is 69.8 Å². The molecule has 2 amide bonds. The average Bonchev–Trinajstić information content (AvgIpc) is 3.18. The minimum atomic E-state index is -1.50. The number of hydrogen-bond donors (Lipinski definition) is 1. The maximum atomic E-state index is 14.9. The molecule has 5 rings (SSSR count). The summed E-state index contributed by atoms with van der Waals surface area (Å²) in [7, 11) is 1.68. The van der Waals surface area contributed by atoms with Gasteiger partial charge < -0.3 is 24.0 Å². The highest BCUT2D eigenvalue weighted by atomic mass is 19.1. The van der Waals surface area contributed by atoms with Gasteiger partial charge in [-0.2, -0.15) is 4.39 Å². The molecule has 1 saturated heterocycles. The van der Waals surface area contributed by atoms with Gasteiger partial charge in [0.2, 0.25) is 0 Å². The molecule has 9 nitrogen and oxygen atoms in total. The summed E-state index contributed by atoms with van der Waals surface area (Å²) in [5.41, 5.74) is 3.60. The summed E-state index contributed by atoms with van der Waals surface area (Å²) in [5.74, 6) is -0.632. The van der Waals surface area contributed by atoms with Crippen LogP contribution in [0.5, 0.6) is 0 Å². The van der Waals surface area contributed by atoms with Gasteiger partial charge in [-0.15, -0.1) is 0 Å². The molecule has 0 bridgehead atoms. The predicted octanol–water partition coefficient (Wildman–Crippen LogP) is 4.91. The van der Waals surface area contributed by atoms with E-state index in [1.165, 1.54) is 18.4 Å². The Kier molecular flexibility index (Phi) is 7.83. The first kappa shape index (κ1) is 30.0. The smallest absolute Gasteiger partial charge is 0.410 e. The van der Waals surface area contributed by atoms with Crippen molar-refractivity contribution in [2.75, 3.05) is 26.3 Å². The third kappa shape index (κ3) is 5.62. The predicted molar refractivity (Wildman–Crippen MR) is 157 cm³/mol. The number of benzene rings is 1. The van der Waals surface area contributed by atoms with Crippen molar-refractivity contribution >= 4 is 23.0 Å². The summed E-state index contributed by atoms with van der Waals surface area (Å²) >= 11 is 0. The van der Waals surface area contributed by atoms with E-state index in [1.807, 2.05) is 39.8 Å². The second kappa shape index (κ2) is 11.0. The number of pyridine rings is 1. The van der Waals surface area contributed by atoms with Crippen LogP contribution in [-0.4, -0.2) is 74.0 Å². The van der Waals surface area contributed by atoms with E-state index in [4.69, 9.17) is 9.47 Å². The summed E-state index contributed by atoms with van der Waals surface area (Å²) in [5, 5.41) is 11.2. The van der Waals surface area contributed by atoms with Crippen LogP contribution in [0.4, 0.5) is 9.18 Å². The molecule has 2 aromatic heterocycles. The van der Waals surface area contributed by atoms with Gasteiger partial charge in [-0.3, -0.25) is 9.69 Å². The first-order valence-electron chi connectivity index (χ1n) is 14.6. The van der Waals surface area contributed by atoms with Crippen molar-refractivity contribution < 1.29 is 28.6 Å². The number of fused-ring (bicyclic) bond motifs is 2. The Labute approximate surface area is 246 Å². The lowest BCUT2D eigenvalue weighted by Crippen LogP contribution is -2.48. The first-order valence-corrected chi connectivity index (χ1v) is 14.6. The molecule has 1 N–H and O–H groups in total. The van der Waals surface area contributed by atoms with Gasteiger partial charge in [0.05, 0.1) is 19.3 Å². The third-order valence-corrected chi connectivity index (χ3v) is 8.04. The number of aliphatic hydroxyl groups is 1. The summed E-state index contributed by atoms with van der Waals surface area (Å²) in [6.07, 6.45) is 2.45. The lowest BCUT2D eigenvalue weighted by molar-refractivity contribution is -0.148. The van der Waals surface area contributed by atoms with Crippen molar-refractivity contribution in [3.05, 3.63) is 52.6 Å². The van der Waals surface area contributed by atoms with Gasteiger partial charge in [0.15, 0.2) is 5.95 Å². The van der Waals surface area contributed by atoms with Crippen LogP contribution in [0, 0.1) is 5.95 Å². The Morgan fingerprint density at radius 2 is 1.88 bits per heavy atom. The van der Waals surface area contributed by atoms with Crippen LogP contribution in [0.25, 0.3) is 22.2 Å². The topological polar surface area (TPSA) is 97.1 Å². The van der Waals surface area contributed by atoms with Crippen LogP contribution in [0.15, 0.2) is 24.4 Å². The van der Waals surface area contributed by atoms with Crippen molar-refractivity contribution in [1.29, 1.82) is 0 Å². The monoisotopic (exact) mass is 580 g/mol. The molecule has 2 aliphatic rings. The zero-order valence-corrected chi connectivity index (χ0v) is 25.6. The number of carbonyl (C=O) groups excluding carboxylic acids is 2. The minimum Gasteiger partial charge on any atom is -0.444 e. The highest BCUT2D eigenvalue weighted by Crippen LogP contribution is 2.38. The number of hydrogen-bond acceptors (Lipinski definition) is 6. The van der Waals surface area contributed by atoms with Crippen LogP contribution in [0.3, 0.4) is 0 Å². The van der Waals surface area contributed by atoms with Gasteiger partial charge in [-0.25, -0.2) is 9.78 Å². The molecule has 0 aliphatic carbocycles. The number of rotatable bonds is 4. The van der Waals surface area contributed by atoms with Crippen molar-refractivity contribution in [3.63, 3.8) is 0 Å². The van der Waals surface area contributed by atoms with E-state index in [-0.39, 0.29) is 18.5 Å². The number of halogens is 1. The SMILES string of the molecule is CCc1c(F)n(C)c2ncc(-c3cc4c(c([C@@H]5COCCN5C(=O)OC(C)(C)C)c3)CN(C(=O)C(C)(C)O)CC4)cc12. The molecule has 0 unspecified atom stereocenters. The van der Waals surface area contributed by atoms with E-state index in [0.29, 0.717) is 50.3 Å². The Morgan fingerprint density at radius 3 is 2.55 bits per heavy atom. The zero-order chi connectivity index (χ0) is 30.6. The molecule has 0 spiro atoms. The third-order valence-electron chi connectivity index (χ3n) is 8.04. The summed E-state index contributed by atoms with van der Waals surface area (Å²) in [6, 6.07) is 5.66. The Hall–Kier alpha value is -3.50. The fraction of sp³-hybridized carbons (Fsp3) is 0.531. The zero-order valence-electron chi connectivity index (χ0n) is 25.6. The van der Waals surface area contributed by atoms with Crippen LogP contribution < -0.4 is 0 Å². The molecule has 1 fully saturated rings. The Balaban J connectivity index is 1.65. The number of ether oxygens (including phenoxy) is 2. The molecule has 1 aromatic carbocycles. The number of nitrogens with zero attached hydrogens (tertiary/aromatic N) is 4. The number of morpholine rings is 1. The van der Waals surface area contributed by atoms with E-state index in [2.05, 4.69) is 11.1 Å². The lowest BCUT2D eigenvalue weighted by Gasteiger charge is -2.40. The van der Waals surface area contributed by atoms with Crippen molar-refractivity contribution in [3.8, 4) is 11.1 Å². The van der Waals surface area contributed by atoms with E-state index >= 15 is 0 Å². The van der Waals surface area contributed by atoms with Gasteiger partial charge in [0, 0.05) is 49.4 Å². The second-order valence-electron chi connectivity index (χ2n) is 12.8. The van der Waals surface area contributed by atoms with Crippen molar-refractivity contribution in [1.82, 2.24) is 19.4 Å². The van der Waals surface area contributed by atoms with Gasteiger partial charge in [0.25, 0.3) is 5.91 Å². The van der Waals surface area contributed by atoms with Crippen LogP contribution in [0.2, 0.25) is 0 Å². The lowest BCUT2D eigenvalue weighted by atomic mass is 9.86. The van der Waals surface area contributed by atoms with E-state index in [9.17, 15) is 19.1 Å². The average molecular weight is 581 g/mol. The first-order chi connectivity index (χ1) is 19.7. The molecule has 0 radical (unpaired) electrons. The highest BCUT2D eigenvalue weighted by molar-refractivity contribution is 5.86. The standard InChI is InChI=1S/C32H41FN4O5/c1-8-22-24-15-21(16-34-28(24)35(7)27(22)33)20-13-19-9-10-36(29(38)32(5,6)40)17-25(19)23(14-20)26-18-41-12-11-37(26)30(39)42-31(2,3)4/h13-16,26,40H,8-12,17-18H2,1-7H3/t26-/m0/s1. The fourth-order valence-electron chi connectivity index (χ4n) is 5.97. The second-order valence-corrected chi connectivity index (χ2v) is 12.8. The normalized spacial score (nSPS) is 17.9.